The lowest BCUT2D eigenvalue weighted by molar-refractivity contribution is 0.645. The molecule has 1 nitrogen and oxygen atoms in total. The van der Waals surface area contributed by atoms with E-state index in [1.54, 1.807) is 11.3 Å². The number of rotatable bonds is 2. The molecule has 2 aromatic rings. The Kier molecular flexibility index (Phi) is 2.32. The van der Waals surface area contributed by atoms with Crippen LogP contribution in [0.3, 0.4) is 0 Å². The Morgan fingerprint density at radius 3 is 3.08 bits per heavy atom. The summed E-state index contributed by atoms with van der Waals surface area (Å²) in [7, 11) is 0. The summed E-state index contributed by atoms with van der Waals surface area (Å²) >= 11 is 1.79. The fraction of sp³-hybridized carbons (Fsp3) is 0.364. The summed E-state index contributed by atoms with van der Waals surface area (Å²) < 4.78 is 1.27. The van der Waals surface area contributed by atoms with Gasteiger partial charge in [0.1, 0.15) is 0 Å². The van der Waals surface area contributed by atoms with Gasteiger partial charge in [-0.15, -0.1) is 11.3 Å². The maximum Gasteiger partial charge on any atom is 0.0941 e. The van der Waals surface area contributed by atoms with Crippen molar-refractivity contribution in [1.82, 2.24) is 4.98 Å². The van der Waals surface area contributed by atoms with Gasteiger partial charge in [0.25, 0.3) is 0 Å². The van der Waals surface area contributed by atoms with Crippen molar-refractivity contribution in [3.8, 4) is 0 Å². The molecule has 0 aliphatic carbocycles. The number of nitrogens with zero attached hydrogens (tertiary/aromatic N) is 1. The molecule has 1 radical (unpaired) electrons. The van der Waals surface area contributed by atoms with E-state index in [2.05, 4.69) is 31.0 Å². The van der Waals surface area contributed by atoms with Crippen molar-refractivity contribution in [2.75, 3.05) is 0 Å². The molecule has 0 aliphatic rings. The van der Waals surface area contributed by atoms with Gasteiger partial charge in [-0.3, -0.25) is 0 Å². The van der Waals surface area contributed by atoms with Gasteiger partial charge >= 0.3 is 0 Å². The zero-order valence-corrected chi connectivity index (χ0v) is 8.69. The molecule has 0 saturated carbocycles. The lowest BCUT2D eigenvalue weighted by Gasteiger charge is -1.97. The Balaban J connectivity index is 2.38. The van der Waals surface area contributed by atoms with Gasteiger partial charge in [0, 0.05) is 6.42 Å². The molecule has 2 heteroatoms. The summed E-state index contributed by atoms with van der Waals surface area (Å²) in [6.07, 6.45) is 1.08. The van der Waals surface area contributed by atoms with Crippen molar-refractivity contribution in [3.05, 3.63) is 29.3 Å². The summed E-state index contributed by atoms with van der Waals surface area (Å²) in [5.74, 6) is 0.685. The maximum atomic E-state index is 4.54. The van der Waals surface area contributed by atoms with Gasteiger partial charge in [0.15, 0.2) is 0 Å². The topological polar surface area (TPSA) is 12.9 Å². The van der Waals surface area contributed by atoms with Crippen LogP contribution < -0.4 is 0 Å². The van der Waals surface area contributed by atoms with E-state index in [1.165, 1.54) is 9.71 Å². The summed E-state index contributed by atoms with van der Waals surface area (Å²) in [5, 5.41) is 1.24. The van der Waals surface area contributed by atoms with Crippen LogP contribution in [-0.4, -0.2) is 4.98 Å². The van der Waals surface area contributed by atoms with E-state index in [0.29, 0.717) is 5.92 Å². The first-order valence-corrected chi connectivity index (χ1v) is 5.33. The molecule has 0 N–H and O–H groups in total. The van der Waals surface area contributed by atoms with E-state index in [-0.39, 0.29) is 0 Å². The highest BCUT2D eigenvalue weighted by atomic mass is 32.1. The van der Waals surface area contributed by atoms with Crippen molar-refractivity contribution in [2.45, 2.75) is 20.3 Å². The van der Waals surface area contributed by atoms with Gasteiger partial charge in [0.2, 0.25) is 0 Å². The number of benzene rings is 1. The van der Waals surface area contributed by atoms with Crippen LogP contribution in [0.25, 0.3) is 10.2 Å². The molecule has 1 heterocycles. The van der Waals surface area contributed by atoms with Crippen LogP contribution in [0.2, 0.25) is 0 Å². The van der Waals surface area contributed by atoms with Crippen LogP contribution in [0.15, 0.2) is 18.2 Å². The number of aromatic nitrogens is 1. The van der Waals surface area contributed by atoms with Crippen molar-refractivity contribution < 1.29 is 0 Å². The van der Waals surface area contributed by atoms with Gasteiger partial charge in [-0.25, -0.2) is 4.98 Å². The molecular weight excluding hydrogens is 178 g/mol. The third-order valence-electron chi connectivity index (χ3n) is 1.86. The largest absolute Gasteiger partial charge is 0.241 e. The van der Waals surface area contributed by atoms with Crippen molar-refractivity contribution in [1.29, 1.82) is 0 Å². The molecule has 0 spiro atoms. The van der Waals surface area contributed by atoms with Crippen LogP contribution in [0.4, 0.5) is 0 Å². The molecule has 1 aromatic heterocycles. The lowest BCUT2D eigenvalue weighted by Crippen LogP contribution is -1.91. The average molecular weight is 190 g/mol. The van der Waals surface area contributed by atoms with Gasteiger partial charge < -0.3 is 0 Å². The van der Waals surface area contributed by atoms with Gasteiger partial charge in [0.05, 0.1) is 15.2 Å². The normalized spacial score (nSPS) is 11.3. The Hall–Kier alpha value is -0.890. The number of hydrogen-bond acceptors (Lipinski definition) is 2. The molecule has 2 rings (SSSR count). The first kappa shape index (κ1) is 8.70. The molecule has 0 saturated heterocycles. The third kappa shape index (κ3) is 1.89. The van der Waals surface area contributed by atoms with E-state index in [4.69, 9.17) is 0 Å². The number of fused-ring (bicyclic) bond motifs is 1. The monoisotopic (exact) mass is 190 g/mol. The van der Waals surface area contributed by atoms with Crippen molar-refractivity contribution in [3.63, 3.8) is 0 Å². The van der Waals surface area contributed by atoms with Crippen LogP contribution in [0, 0.1) is 12.0 Å². The molecule has 0 fully saturated rings. The zero-order chi connectivity index (χ0) is 9.26. The van der Waals surface area contributed by atoms with Gasteiger partial charge in [-0.2, -0.15) is 0 Å². The first-order valence-electron chi connectivity index (χ1n) is 4.51. The minimum atomic E-state index is 0.685. The Bertz CT molecular complexity index is 370. The fourth-order valence-electron chi connectivity index (χ4n) is 1.30. The highest BCUT2D eigenvalue weighted by molar-refractivity contribution is 7.18. The second kappa shape index (κ2) is 3.46. The van der Waals surface area contributed by atoms with Crippen LogP contribution in [-0.2, 0) is 6.42 Å². The molecule has 0 amide bonds. The van der Waals surface area contributed by atoms with E-state index >= 15 is 0 Å². The molecular formula is C11H12NS. The maximum absolute atomic E-state index is 4.54. The van der Waals surface area contributed by atoms with Crippen LogP contribution in [0.1, 0.15) is 18.9 Å². The Morgan fingerprint density at radius 2 is 2.38 bits per heavy atom. The predicted octanol–water partition coefficient (Wildman–Crippen LogP) is 3.29. The highest BCUT2D eigenvalue weighted by Gasteiger charge is 2.04. The SMILES string of the molecule is CC(C)Cc1nc2c[c]ccc2s1. The average Bonchev–Trinajstić information content (AvgIpc) is 2.44. The minimum Gasteiger partial charge on any atom is -0.241 e. The number of hydrogen-bond donors (Lipinski definition) is 0. The first-order chi connectivity index (χ1) is 6.25. The summed E-state index contributed by atoms with van der Waals surface area (Å²) in [6.45, 7) is 4.44. The lowest BCUT2D eigenvalue weighted by atomic mass is 10.1. The van der Waals surface area contributed by atoms with E-state index < -0.39 is 0 Å². The Labute approximate surface area is 82.4 Å². The molecule has 13 heavy (non-hydrogen) atoms. The molecule has 0 atom stereocenters. The third-order valence-corrected chi connectivity index (χ3v) is 2.92. The molecule has 67 valence electrons. The quantitative estimate of drug-likeness (QED) is 0.708. The fourth-order valence-corrected chi connectivity index (χ4v) is 2.46. The highest BCUT2D eigenvalue weighted by Crippen LogP contribution is 2.23. The van der Waals surface area contributed by atoms with Gasteiger partial charge in [-0.1, -0.05) is 19.9 Å². The van der Waals surface area contributed by atoms with Gasteiger partial charge in [-0.05, 0) is 24.1 Å². The van der Waals surface area contributed by atoms with E-state index in [1.807, 2.05) is 12.1 Å². The van der Waals surface area contributed by atoms with Crippen molar-refractivity contribution in [2.24, 2.45) is 5.92 Å². The Morgan fingerprint density at radius 1 is 1.54 bits per heavy atom. The molecule has 0 unspecified atom stereocenters. The van der Waals surface area contributed by atoms with Crippen LogP contribution >= 0.6 is 11.3 Å². The summed E-state index contributed by atoms with van der Waals surface area (Å²) in [5.41, 5.74) is 1.09. The zero-order valence-electron chi connectivity index (χ0n) is 7.87. The molecule has 0 aliphatic heterocycles. The van der Waals surface area contributed by atoms with Crippen LogP contribution in [0.5, 0.6) is 0 Å². The smallest absolute Gasteiger partial charge is 0.0941 e. The second-order valence-corrected chi connectivity index (χ2v) is 4.71. The summed E-state index contributed by atoms with van der Waals surface area (Å²) in [6, 6.07) is 9.02. The molecule has 0 bridgehead atoms. The minimum absolute atomic E-state index is 0.685. The van der Waals surface area contributed by atoms with E-state index in [0.717, 1.165) is 11.9 Å². The standard InChI is InChI=1S/C11H12NS/c1-8(2)7-11-12-9-5-3-4-6-10(9)13-11/h4-6,8H,7H2,1-2H3. The second-order valence-electron chi connectivity index (χ2n) is 3.60. The summed E-state index contributed by atoms with van der Waals surface area (Å²) in [4.78, 5) is 4.54. The predicted molar refractivity (Wildman–Crippen MR) is 57.0 cm³/mol. The van der Waals surface area contributed by atoms with Crippen molar-refractivity contribution >= 4 is 21.6 Å². The van der Waals surface area contributed by atoms with E-state index in [9.17, 15) is 0 Å². The number of thiazole rings is 1. The molecule has 1 aromatic carbocycles.